The molecular weight excluding hydrogens is 256 g/mol. The molecule has 0 amide bonds. The van der Waals surface area contributed by atoms with Crippen LogP contribution in [0.15, 0.2) is 37.0 Å². The van der Waals surface area contributed by atoms with Crippen molar-refractivity contribution in [2.24, 2.45) is 5.92 Å². The van der Waals surface area contributed by atoms with Gasteiger partial charge in [-0.2, -0.15) is 0 Å². The smallest absolute Gasteiger partial charge is 0.102 e. The number of alkyl halides is 2. The van der Waals surface area contributed by atoms with Crippen molar-refractivity contribution in [3.05, 3.63) is 37.0 Å². The molecule has 1 aliphatic carbocycles. The maximum Gasteiger partial charge on any atom is 0.108 e. The molecule has 0 aliphatic heterocycles. The second kappa shape index (κ2) is 3.05. The summed E-state index contributed by atoms with van der Waals surface area (Å²) in [5, 5.41) is 0. The molecule has 1 atom stereocenters. The monoisotopic (exact) mass is 262 g/mol. The van der Waals surface area contributed by atoms with Crippen LogP contribution in [-0.2, 0) is 0 Å². The maximum atomic E-state index is 3.73. The highest BCUT2D eigenvalue weighted by Gasteiger charge is 2.27. The van der Waals surface area contributed by atoms with Crippen LogP contribution in [0.5, 0.6) is 0 Å². The molecule has 0 aromatic heterocycles. The van der Waals surface area contributed by atoms with Gasteiger partial charge in [0.2, 0.25) is 0 Å². The predicted molar refractivity (Wildman–Crippen MR) is 52.6 cm³/mol. The quantitative estimate of drug-likeness (QED) is 0.503. The SMILES string of the molecule is C=CC1C=CC=CC1(Br)Br. The fourth-order valence-corrected chi connectivity index (χ4v) is 1.83. The first-order chi connectivity index (χ1) is 4.67. The zero-order chi connectivity index (χ0) is 7.61. The third-order valence-electron chi connectivity index (χ3n) is 1.45. The summed E-state index contributed by atoms with van der Waals surface area (Å²) in [6.07, 6.45) is 10.1. The van der Waals surface area contributed by atoms with Crippen LogP contribution >= 0.6 is 31.9 Å². The van der Waals surface area contributed by atoms with Crippen molar-refractivity contribution in [3.8, 4) is 0 Å². The summed E-state index contributed by atoms with van der Waals surface area (Å²) in [7, 11) is 0. The van der Waals surface area contributed by atoms with E-state index in [1.54, 1.807) is 0 Å². The number of hydrogen-bond acceptors (Lipinski definition) is 0. The van der Waals surface area contributed by atoms with Crippen LogP contribution in [0.25, 0.3) is 0 Å². The van der Waals surface area contributed by atoms with Crippen LogP contribution in [0.3, 0.4) is 0 Å². The highest BCUT2D eigenvalue weighted by atomic mass is 79.9. The van der Waals surface area contributed by atoms with Gasteiger partial charge in [0.15, 0.2) is 0 Å². The van der Waals surface area contributed by atoms with Crippen molar-refractivity contribution in [2.75, 3.05) is 0 Å². The van der Waals surface area contributed by atoms with E-state index in [0.29, 0.717) is 5.92 Å². The molecule has 0 aromatic carbocycles. The molecule has 2 heteroatoms. The topological polar surface area (TPSA) is 0 Å². The largest absolute Gasteiger partial charge is 0.108 e. The van der Waals surface area contributed by atoms with E-state index in [1.165, 1.54) is 0 Å². The van der Waals surface area contributed by atoms with Gasteiger partial charge in [-0.15, -0.1) is 6.58 Å². The minimum atomic E-state index is -0.115. The van der Waals surface area contributed by atoms with Crippen LogP contribution in [0.4, 0.5) is 0 Å². The van der Waals surface area contributed by atoms with Gasteiger partial charge in [0.05, 0.1) is 0 Å². The summed E-state index contributed by atoms with van der Waals surface area (Å²) in [5.74, 6) is 0.331. The van der Waals surface area contributed by atoms with Crippen LogP contribution in [0, 0.1) is 5.92 Å². The van der Waals surface area contributed by atoms with E-state index in [1.807, 2.05) is 18.2 Å². The molecule has 54 valence electrons. The zero-order valence-corrected chi connectivity index (χ0v) is 8.60. The summed E-state index contributed by atoms with van der Waals surface area (Å²) in [4.78, 5) is 0. The predicted octanol–water partition coefficient (Wildman–Crippen LogP) is 3.40. The normalized spacial score (nSPS) is 28.4. The number of hydrogen-bond donors (Lipinski definition) is 0. The van der Waals surface area contributed by atoms with Crippen molar-refractivity contribution in [3.63, 3.8) is 0 Å². The Balaban J connectivity index is 2.84. The lowest BCUT2D eigenvalue weighted by Crippen LogP contribution is -2.19. The minimum absolute atomic E-state index is 0.115. The molecule has 0 saturated heterocycles. The van der Waals surface area contributed by atoms with E-state index >= 15 is 0 Å². The Labute approximate surface area is 78.0 Å². The number of halogens is 2. The average molecular weight is 264 g/mol. The van der Waals surface area contributed by atoms with E-state index in [4.69, 9.17) is 0 Å². The molecular formula is C8H8Br2. The molecule has 0 fully saturated rings. The molecule has 0 radical (unpaired) electrons. The Hall–Kier alpha value is 0.180. The molecule has 1 rings (SSSR count). The van der Waals surface area contributed by atoms with Crippen molar-refractivity contribution in [2.45, 2.75) is 3.23 Å². The molecule has 10 heavy (non-hydrogen) atoms. The molecule has 0 aromatic rings. The lowest BCUT2D eigenvalue weighted by atomic mass is 10.0. The van der Waals surface area contributed by atoms with E-state index in [0.717, 1.165) is 0 Å². The highest BCUT2D eigenvalue weighted by molar-refractivity contribution is 9.25. The second-order valence-electron chi connectivity index (χ2n) is 2.18. The maximum absolute atomic E-state index is 3.73. The van der Waals surface area contributed by atoms with Gasteiger partial charge >= 0.3 is 0 Å². The molecule has 0 heterocycles. The lowest BCUT2D eigenvalue weighted by Gasteiger charge is -2.24. The van der Waals surface area contributed by atoms with Gasteiger partial charge in [-0.25, -0.2) is 0 Å². The van der Waals surface area contributed by atoms with Gasteiger partial charge in [0, 0.05) is 5.92 Å². The zero-order valence-electron chi connectivity index (χ0n) is 5.43. The van der Waals surface area contributed by atoms with Crippen LogP contribution in [-0.4, -0.2) is 3.23 Å². The third-order valence-corrected chi connectivity index (χ3v) is 3.03. The summed E-state index contributed by atoms with van der Waals surface area (Å²) >= 11 is 7.05. The first kappa shape index (κ1) is 8.28. The number of rotatable bonds is 1. The fraction of sp³-hybridized carbons (Fsp3) is 0.250. The average Bonchev–Trinajstić information content (AvgIpc) is 1.87. The first-order valence-corrected chi connectivity index (χ1v) is 4.62. The lowest BCUT2D eigenvalue weighted by molar-refractivity contribution is 0.819. The highest BCUT2D eigenvalue weighted by Crippen LogP contribution is 2.39. The van der Waals surface area contributed by atoms with E-state index < -0.39 is 0 Å². The summed E-state index contributed by atoms with van der Waals surface area (Å²) < 4.78 is -0.115. The van der Waals surface area contributed by atoms with E-state index in [-0.39, 0.29) is 3.23 Å². The van der Waals surface area contributed by atoms with Crippen LogP contribution < -0.4 is 0 Å². The van der Waals surface area contributed by atoms with E-state index in [9.17, 15) is 0 Å². The van der Waals surface area contributed by atoms with Crippen molar-refractivity contribution < 1.29 is 0 Å². The number of allylic oxidation sites excluding steroid dienone is 5. The molecule has 1 unspecified atom stereocenters. The molecule has 0 N–H and O–H groups in total. The van der Waals surface area contributed by atoms with Gasteiger partial charge in [0.1, 0.15) is 3.23 Å². The Morgan fingerprint density at radius 3 is 2.50 bits per heavy atom. The molecule has 1 aliphatic rings. The Morgan fingerprint density at radius 2 is 2.10 bits per heavy atom. The molecule has 0 bridgehead atoms. The molecule has 0 saturated carbocycles. The van der Waals surface area contributed by atoms with Gasteiger partial charge in [-0.3, -0.25) is 0 Å². The van der Waals surface area contributed by atoms with E-state index in [2.05, 4.69) is 50.6 Å². The Morgan fingerprint density at radius 1 is 1.40 bits per heavy atom. The fourth-order valence-electron chi connectivity index (χ4n) is 0.843. The second-order valence-corrected chi connectivity index (χ2v) is 5.87. The Bertz CT molecular complexity index is 189. The first-order valence-electron chi connectivity index (χ1n) is 3.03. The summed E-state index contributed by atoms with van der Waals surface area (Å²) in [5.41, 5.74) is 0. The standard InChI is InChI=1S/C8H8Br2/c1-2-7-5-3-4-6-8(7,9)10/h2-7H,1H2. The van der Waals surface area contributed by atoms with Crippen molar-refractivity contribution in [1.82, 2.24) is 0 Å². The van der Waals surface area contributed by atoms with Gasteiger partial charge in [-0.05, 0) is 0 Å². The van der Waals surface area contributed by atoms with Crippen molar-refractivity contribution in [1.29, 1.82) is 0 Å². The molecule has 0 spiro atoms. The van der Waals surface area contributed by atoms with Crippen molar-refractivity contribution >= 4 is 31.9 Å². The van der Waals surface area contributed by atoms with Crippen LogP contribution in [0.2, 0.25) is 0 Å². The third kappa shape index (κ3) is 1.61. The summed E-state index contributed by atoms with van der Waals surface area (Å²) in [6, 6.07) is 0. The molecule has 0 nitrogen and oxygen atoms in total. The minimum Gasteiger partial charge on any atom is -0.102 e. The van der Waals surface area contributed by atoms with Gasteiger partial charge in [0.25, 0.3) is 0 Å². The Kier molecular flexibility index (Phi) is 2.53. The van der Waals surface area contributed by atoms with Crippen LogP contribution in [0.1, 0.15) is 0 Å². The summed E-state index contributed by atoms with van der Waals surface area (Å²) in [6.45, 7) is 3.73. The van der Waals surface area contributed by atoms with Gasteiger partial charge < -0.3 is 0 Å². The van der Waals surface area contributed by atoms with Gasteiger partial charge in [-0.1, -0.05) is 62.2 Å².